The number of carbonyl (C=O) groups excluding carboxylic acids is 1. The van der Waals surface area contributed by atoms with E-state index in [9.17, 15) is 4.79 Å². The van der Waals surface area contributed by atoms with Crippen molar-refractivity contribution in [1.82, 2.24) is 14.3 Å². The fourth-order valence-electron chi connectivity index (χ4n) is 2.61. The van der Waals surface area contributed by atoms with Crippen LogP contribution in [0.2, 0.25) is 0 Å². The highest BCUT2D eigenvalue weighted by molar-refractivity contribution is 7.16. The van der Waals surface area contributed by atoms with Gasteiger partial charge in [0.05, 0.1) is 22.5 Å². The minimum absolute atomic E-state index is 0.300. The maximum atomic E-state index is 12.6. The Morgan fingerprint density at radius 2 is 2.17 bits per heavy atom. The van der Waals surface area contributed by atoms with Gasteiger partial charge in [-0.3, -0.25) is 9.48 Å². The number of hydrogen-bond acceptors (Lipinski definition) is 3. The molecule has 0 saturated heterocycles. The van der Waals surface area contributed by atoms with E-state index in [1.807, 2.05) is 37.5 Å². The topological polar surface area (TPSA) is 52.2 Å². The fraction of sp³-hybridized carbons (Fsp3) is 0.278. The highest BCUT2D eigenvalue weighted by Crippen LogP contribution is 2.19. The molecule has 1 amide bonds. The molecule has 24 heavy (non-hydrogen) atoms. The lowest BCUT2D eigenvalue weighted by atomic mass is 10.2. The molecular formula is C18H18N4OS. The number of benzene rings is 1. The SMILES string of the molecule is C#CCn1c(=NC(=O)c2cc(C)nn2CC)sc2cc(C)ccc21. The van der Waals surface area contributed by atoms with E-state index in [1.54, 1.807) is 10.7 Å². The summed E-state index contributed by atoms with van der Waals surface area (Å²) in [6.45, 7) is 6.85. The Hall–Kier alpha value is -2.65. The molecule has 6 heteroatoms. The highest BCUT2D eigenvalue weighted by atomic mass is 32.1. The average molecular weight is 338 g/mol. The Kier molecular flexibility index (Phi) is 4.36. The fourth-order valence-corrected chi connectivity index (χ4v) is 3.74. The van der Waals surface area contributed by atoms with Crippen molar-refractivity contribution in [1.29, 1.82) is 0 Å². The molecule has 0 aliphatic carbocycles. The number of amides is 1. The van der Waals surface area contributed by atoms with Crippen molar-refractivity contribution in [3.63, 3.8) is 0 Å². The van der Waals surface area contributed by atoms with E-state index in [0.29, 0.717) is 23.6 Å². The number of thiazole rings is 1. The first kappa shape index (κ1) is 16.2. The lowest BCUT2D eigenvalue weighted by Gasteiger charge is -2.01. The Morgan fingerprint density at radius 1 is 1.38 bits per heavy atom. The van der Waals surface area contributed by atoms with Gasteiger partial charge in [0.25, 0.3) is 5.91 Å². The van der Waals surface area contributed by atoms with E-state index in [4.69, 9.17) is 6.42 Å². The molecule has 0 spiro atoms. The molecule has 0 saturated carbocycles. The van der Waals surface area contributed by atoms with Crippen molar-refractivity contribution in [2.75, 3.05) is 0 Å². The molecule has 3 aromatic rings. The van der Waals surface area contributed by atoms with Crippen LogP contribution in [0.4, 0.5) is 0 Å². The van der Waals surface area contributed by atoms with Crippen molar-refractivity contribution < 1.29 is 4.79 Å². The van der Waals surface area contributed by atoms with E-state index in [0.717, 1.165) is 21.5 Å². The summed E-state index contributed by atoms with van der Waals surface area (Å²) >= 11 is 1.47. The summed E-state index contributed by atoms with van der Waals surface area (Å²) in [6.07, 6.45) is 5.49. The van der Waals surface area contributed by atoms with Crippen LogP contribution in [0.1, 0.15) is 28.7 Å². The zero-order chi connectivity index (χ0) is 17.3. The number of aromatic nitrogens is 3. The molecule has 0 bridgehead atoms. The van der Waals surface area contributed by atoms with Crippen molar-refractivity contribution in [3.05, 3.63) is 46.0 Å². The minimum atomic E-state index is -0.300. The lowest BCUT2D eigenvalue weighted by Crippen LogP contribution is -2.18. The molecule has 0 aliphatic rings. The molecule has 0 fully saturated rings. The molecule has 2 aromatic heterocycles. The van der Waals surface area contributed by atoms with Crippen LogP contribution >= 0.6 is 11.3 Å². The van der Waals surface area contributed by atoms with Gasteiger partial charge < -0.3 is 4.57 Å². The summed E-state index contributed by atoms with van der Waals surface area (Å²) in [7, 11) is 0. The monoisotopic (exact) mass is 338 g/mol. The summed E-state index contributed by atoms with van der Waals surface area (Å²) in [4.78, 5) is 17.6. The summed E-state index contributed by atoms with van der Waals surface area (Å²) in [6, 6.07) is 7.89. The molecule has 0 atom stereocenters. The Morgan fingerprint density at radius 3 is 2.88 bits per heavy atom. The summed E-state index contributed by atoms with van der Waals surface area (Å²) in [5.41, 5.74) is 3.46. The predicted molar refractivity (Wildman–Crippen MR) is 95.9 cm³/mol. The first-order valence-corrected chi connectivity index (χ1v) is 8.52. The third-order valence-corrected chi connectivity index (χ3v) is 4.75. The van der Waals surface area contributed by atoms with Gasteiger partial charge in [0.15, 0.2) is 4.80 Å². The van der Waals surface area contributed by atoms with Crippen molar-refractivity contribution in [2.24, 2.45) is 4.99 Å². The van der Waals surface area contributed by atoms with Gasteiger partial charge >= 0.3 is 0 Å². The molecule has 0 unspecified atom stereocenters. The Balaban J connectivity index is 2.17. The minimum Gasteiger partial charge on any atom is -0.305 e. The molecule has 2 heterocycles. The third-order valence-electron chi connectivity index (χ3n) is 3.71. The third kappa shape index (κ3) is 2.91. The van der Waals surface area contributed by atoms with Crippen LogP contribution in [-0.2, 0) is 13.1 Å². The van der Waals surface area contributed by atoms with Gasteiger partial charge in [-0.05, 0) is 44.5 Å². The second-order valence-electron chi connectivity index (χ2n) is 5.55. The van der Waals surface area contributed by atoms with Gasteiger partial charge in [-0.2, -0.15) is 10.1 Å². The first-order chi connectivity index (χ1) is 11.5. The summed E-state index contributed by atoms with van der Waals surface area (Å²) in [5, 5.41) is 4.31. The van der Waals surface area contributed by atoms with E-state index in [-0.39, 0.29) is 5.91 Å². The Bertz CT molecular complexity index is 1030. The van der Waals surface area contributed by atoms with Crippen molar-refractivity contribution >= 4 is 27.5 Å². The number of hydrogen-bond donors (Lipinski definition) is 0. The predicted octanol–water partition coefficient (Wildman–Crippen LogP) is 2.91. The normalized spacial score (nSPS) is 11.8. The van der Waals surface area contributed by atoms with Crippen LogP contribution in [0.15, 0.2) is 29.3 Å². The number of fused-ring (bicyclic) bond motifs is 1. The number of carbonyl (C=O) groups is 1. The molecule has 0 N–H and O–H groups in total. The standard InChI is InChI=1S/C18H18N4OS/c1-5-9-21-14-8-7-12(3)10-16(14)24-18(21)19-17(23)15-11-13(4)20-22(15)6-2/h1,7-8,10-11H,6,9H2,2-4H3. The zero-order valence-corrected chi connectivity index (χ0v) is 14.7. The number of nitrogens with zero attached hydrogens (tertiary/aromatic N) is 4. The summed E-state index contributed by atoms with van der Waals surface area (Å²) in [5.74, 6) is 2.34. The number of rotatable bonds is 3. The van der Waals surface area contributed by atoms with Crippen LogP contribution in [0.3, 0.4) is 0 Å². The highest BCUT2D eigenvalue weighted by Gasteiger charge is 2.14. The molecule has 3 rings (SSSR count). The second-order valence-corrected chi connectivity index (χ2v) is 6.56. The molecule has 1 aromatic carbocycles. The second kappa shape index (κ2) is 6.46. The van der Waals surface area contributed by atoms with Crippen LogP contribution < -0.4 is 4.80 Å². The first-order valence-electron chi connectivity index (χ1n) is 7.70. The van der Waals surface area contributed by atoms with Gasteiger partial charge in [-0.1, -0.05) is 23.3 Å². The van der Waals surface area contributed by atoms with Crippen molar-refractivity contribution in [3.8, 4) is 12.3 Å². The van der Waals surface area contributed by atoms with Gasteiger partial charge in [0.2, 0.25) is 0 Å². The maximum Gasteiger partial charge on any atom is 0.297 e. The Labute approximate surface area is 144 Å². The summed E-state index contributed by atoms with van der Waals surface area (Å²) < 4.78 is 4.64. The maximum absolute atomic E-state index is 12.6. The van der Waals surface area contributed by atoms with Gasteiger partial charge in [-0.15, -0.1) is 6.42 Å². The van der Waals surface area contributed by atoms with Gasteiger partial charge in [0.1, 0.15) is 5.69 Å². The lowest BCUT2D eigenvalue weighted by molar-refractivity contribution is 0.0987. The van der Waals surface area contributed by atoms with E-state index < -0.39 is 0 Å². The van der Waals surface area contributed by atoms with Crippen LogP contribution in [0, 0.1) is 26.2 Å². The molecule has 0 aliphatic heterocycles. The molecule has 5 nitrogen and oxygen atoms in total. The number of aryl methyl sites for hydroxylation is 3. The quantitative estimate of drug-likeness (QED) is 0.690. The molecular weight excluding hydrogens is 320 g/mol. The van der Waals surface area contributed by atoms with Gasteiger partial charge in [0, 0.05) is 6.54 Å². The smallest absolute Gasteiger partial charge is 0.297 e. The average Bonchev–Trinajstić information content (AvgIpc) is 3.08. The zero-order valence-electron chi connectivity index (χ0n) is 13.9. The molecule has 0 radical (unpaired) electrons. The molecule has 122 valence electrons. The van der Waals surface area contributed by atoms with Crippen LogP contribution in [0.25, 0.3) is 10.2 Å². The van der Waals surface area contributed by atoms with Crippen molar-refractivity contribution in [2.45, 2.75) is 33.9 Å². The van der Waals surface area contributed by atoms with Crippen LogP contribution in [0.5, 0.6) is 0 Å². The van der Waals surface area contributed by atoms with E-state index in [2.05, 4.69) is 22.1 Å². The largest absolute Gasteiger partial charge is 0.305 e. The van der Waals surface area contributed by atoms with Crippen LogP contribution in [-0.4, -0.2) is 20.3 Å². The van der Waals surface area contributed by atoms with E-state index in [1.165, 1.54) is 11.3 Å². The van der Waals surface area contributed by atoms with Gasteiger partial charge in [-0.25, -0.2) is 0 Å². The number of terminal acetylenes is 1. The van der Waals surface area contributed by atoms with E-state index >= 15 is 0 Å².